The second-order valence-electron chi connectivity index (χ2n) is 4.87. The molecule has 20 heavy (non-hydrogen) atoms. The van der Waals surface area contributed by atoms with Crippen molar-refractivity contribution < 1.29 is 33.4 Å². The van der Waals surface area contributed by atoms with Crippen molar-refractivity contribution >= 4 is 17.9 Å². The quantitative estimate of drug-likeness (QED) is 0.652. The largest absolute Gasteiger partial charge is 0.547 e. The first-order valence-corrected chi connectivity index (χ1v) is 6.57. The lowest BCUT2D eigenvalue weighted by atomic mass is 9.81. The van der Waals surface area contributed by atoms with Crippen LogP contribution in [0.25, 0.3) is 0 Å². The third-order valence-corrected chi connectivity index (χ3v) is 3.30. The molecule has 1 aliphatic rings. The molecule has 1 rings (SSSR count). The van der Waals surface area contributed by atoms with Gasteiger partial charge >= 0.3 is 11.9 Å². The zero-order valence-corrected chi connectivity index (χ0v) is 11.4. The topological polar surface area (TPSA) is 92.7 Å². The van der Waals surface area contributed by atoms with Crippen LogP contribution in [-0.4, -0.2) is 36.3 Å². The van der Waals surface area contributed by atoms with E-state index < -0.39 is 29.7 Å². The molecule has 0 amide bonds. The van der Waals surface area contributed by atoms with Crippen molar-refractivity contribution in [1.29, 1.82) is 0 Å². The second kappa shape index (κ2) is 7.21. The van der Waals surface area contributed by atoms with Crippen molar-refractivity contribution in [2.45, 2.75) is 57.2 Å². The molecule has 0 aliphatic heterocycles. The lowest BCUT2D eigenvalue weighted by Gasteiger charge is -2.39. The smallest absolute Gasteiger partial charge is 0.309 e. The highest BCUT2D eigenvalue weighted by Crippen LogP contribution is 2.36. The molecule has 0 N–H and O–H groups in total. The summed E-state index contributed by atoms with van der Waals surface area (Å²) in [5, 5.41) is 10.7. The molecule has 114 valence electrons. The van der Waals surface area contributed by atoms with Gasteiger partial charge in [0.05, 0.1) is 12.4 Å². The number of carboxylic acids is 1. The first-order valence-electron chi connectivity index (χ1n) is 6.57. The van der Waals surface area contributed by atoms with E-state index in [0.29, 0.717) is 12.8 Å². The van der Waals surface area contributed by atoms with Crippen molar-refractivity contribution in [3.8, 4) is 0 Å². The predicted octanol–water partition coefficient (Wildman–Crippen LogP) is 0.274. The first kappa shape index (κ1) is 16.4. The van der Waals surface area contributed by atoms with Crippen LogP contribution in [-0.2, 0) is 23.9 Å². The van der Waals surface area contributed by atoms with Gasteiger partial charge in [0.1, 0.15) is 12.2 Å². The van der Waals surface area contributed by atoms with Crippen LogP contribution < -0.4 is 5.11 Å². The van der Waals surface area contributed by atoms with E-state index in [1.807, 2.05) is 0 Å². The highest BCUT2D eigenvalue weighted by Gasteiger charge is 2.44. The first-order chi connectivity index (χ1) is 9.37. The summed E-state index contributed by atoms with van der Waals surface area (Å²) in [7, 11) is 0. The van der Waals surface area contributed by atoms with E-state index >= 15 is 0 Å². The Morgan fingerprint density at radius 2 is 1.85 bits per heavy atom. The Hall–Kier alpha value is -1.66. The fourth-order valence-corrected chi connectivity index (χ4v) is 2.33. The molecule has 1 aliphatic carbocycles. The Morgan fingerprint density at radius 3 is 2.35 bits per heavy atom. The Morgan fingerprint density at radius 1 is 1.25 bits per heavy atom. The van der Waals surface area contributed by atoms with E-state index in [1.165, 1.54) is 6.92 Å². The molecule has 0 aromatic heterocycles. The molecule has 0 saturated heterocycles. The van der Waals surface area contributed by atoms with Gasteiger partial charge in [0.15, 0.2) is 6.17 Å². The van der Waals surface area contributed by atoms with Crippen molar-refractivity contribution in [3.63, 3.8) is 0 Å². The molecule has 0 bridgehead atoms. The van der Waals surface area contributed by atoms with Crippen LogP contribution in [0.3, 0.4) is 0 Å². The number of hydrogen-bond acceptors (Lipinski definition) is 6. The number of aliphatic carboxylic acids is 1. The van der Waals surface area contributed by atoms with Crippen LogP contribution in [0.4, 0.5) is 4.39 Å². The highest BCUT2D eigenvalue weighted by molar-refractivity contribution is 5.75. The van der Waals surface area contributed by atoms with E-state index in [1.54, 1.807) is 0 Å². The summed E-state index contributed by atoms with van der Waals surface area (Å²) >= 11 is 0. The van der Waals surface area contributed by atoms with Crippen molar-refractivity contribution in [2.75, 3.05) is 6.61 Å². The number of halogens is 1. The van der Waals surface area contributed by atoms with Crippen LogP contribution >= 0.6 is 0 Å². The number of esters is 2. The minimum Gasteiger partial charge on any atom is -0.547 e. The molecular weight excluding hydrogens is 271 g/mol. The summed E-state index contributed by atoms with van der Waals surface area (Å²) in [6.45, 7) is 1.02. The van der Waals surface area contributed by atoms with Gasteiger partial charge in [-0.1, -0.05) is 6.42 Å². The van der Waals surface area contributed by atoms with Gasteiger partial charge in [0.25, 0.3) is 0 Å². The molecule has 1 atom stereocenters. The average molecular weight is 289 g/mol. The van der Waals surface area contributed by atoms with Crippen molar-refractivity contribution in [2.24, 2.45) is 0 Å². The minimum atomic E-state index is -2.35. The van der Waals surface area contributed by atoms with Gasteiger partial charge in [-0.2, -0.15) is 0 Å². The zero-order chi connectivity index (χ0) is 15.2. The van der Waals surface area contributed by atoms with E-state index in [-0.39, 0.29) is 25.9 Å². The van der Waals surface area contributed by atoms with Crippen molar-refractivity contribution in [1.82, 2.24) is 0 Å². The molecule has 0 radical (unpaired) electrons. The number of carbonyl (C=O) groups excluding carboxylic acids is 3. The molecular formula is C13H18FO6-. The van der Waals surface area contributed by atoms with Gasteiger partial charge in [-0.15, -0.1) is 0 Å². The number of hydrogen-bond donors (Lipinski definition) is 0. The Balaban J connectivity index is 2.62. The molecule has 0 heterocycles. The van der Waals surface area contributed by atoms with E-state index in [9.17, 15) is 23.9 Å². The maximum atomic E-state index is 13.9. The lowest BCUT2D eigenvalue weighted by Crippen LogP contribution is -2.53. The zero-order valence-electron chi connectivity index (χ0n) is 11.4. The Bertz CT molecular complexity index is 375. The summed E-state index contributed by atoms with van der Waals surface area (Å²) in [6, 6.07) is 0. The Kier molecular flexibility index (Phi) is 5.91. The van der Waals surface area contributed by atoms with Crippen LogP contribution in [0.1, 0.15) is 45.4 Å². The number of rotatable bonds is 6. The van der Waals surface area contributed by atoms with Gasteiger partial charge in [0.2, 0.25) is 0 Å². The molecule has 1 fully saturated rings. The summed E-state index contributed by atoms with van der Waals surface area (Å²) in [5.74, 6) is -3.19. The summed E-state index contributed by atoms with van der Waals surface area (Å²) < 4.78 is 23.5. The second-order valence-corrected chi connectivity index (χ2v) is 4.87. The fourth-order valence-electron chi connectivity index (χ4n) is 2.33. The van der Waals surface area contributed by atoms with Gasteiger partial charge in [-0.05, 0) is 25.7 Å². The molecule has 6 nitrogen and oxygen atoms in total. The van der Waals surface area contributed by atoms with Crippen LogP contribution in [0.15, 0.2) is 0 Å². The van der Waals surface area contributed by atoms with Gasteiger partial charge in [0, 0.05) is 6.92 Å². The number of carbonyl (C=O) groups is 3. The molecule has 0 aromatic rings. The van der Waals surface area contributed by atoms with E-state index in [2.05, 4.69) is 4.74 Å². The molecule has 1 unspecified atom stereocenters. The lowest BCUT2D eigenvalue weighted by molar-refractivity contribution is -0.318. The molecule has 7 heteroatoms. The normalized spacial score (nSPS) is 18.9. The number of ether oxygens (including phenoxy) is 2. The summed E-state index contributed by atoms with van der Waals surface area (Å²) in [6.07, 6.45) is -0.257. The summed E-state index contributed by atoms with van der Waals surface area (Å²) in [4.78, 5) is 32.9. The van der Waals surface area contributed by atoms with Gasteiger partial charge < -0.3 is 19.4 Å². The number of alkyl halides is 1. The van der Waals surface area contributed by atoms with Gasteiger partial charge in [-0.25, -0.2) is 4.39 Å². The van der Waals surface area contributed by atoms with E-state index in [4.69, 9.17) is 4.74 Å². The van der Waals surface area contributed by atoms with E-state index in [0.717, 1.165) is 6.42 Å². The number of carboxylic acid groups (broad SMARTS) is 1. The third kappa shape index (κ3) is 4.47. The maximum Gasteiger partial charge on any atom is 0.309 e. The van der Waals surface area contributed by atoms with Crippen LogP contribution in [0.2, 0.25) is 0 Å². The molecule has 1 saturated carbocycles. The van der Waals surface area contributed by atoms with Crippen LogP contribution in [0.5, 0.6) is 0 Å². The van der Waals surface area contributed by atoms with Gasteiger partial charge in [-0.3, -0.25) is 9.59 Å². The summed E-state index contributed by atoms with van der Waals surface area (Å²) in [5.41, 5.74) is -1.65. The standard InChI is InChI=1S/C13H19FO6/c1-9(15)19-8-5-10(16)20-13(11(14)12(17)18)6-3-2-4-7-13/h11H,2-8H2,1H3,(H,17,18)/p-1. The fraction of sp³-hybridized carbons (Fsp3) is 0.769. The maximum absolute atomic E-state index is 13.9. The monoisotopic (exact) mass is 289 g/mol. The molecule has 0 spiro atoms. The van der Waals surface area contributed by atoms with Crippen molar-refractivity contribution in [3.05, 3.63) is 0 Å². The SMILES string of the molecule is CC(=O)OCCC(=O)OC1(C(F)C(=O)[O-])CCCCC1. The van der Waals surface area contributed by atoms with Crippen LogP contribution in [0, 0.1) is 0 Å². The Labute approximate surface area is 116 Å². The average Bonchev–Trinajstić information content (AvgIpc) is 2.38. The third-order valence-electron chi connectivity index (χ3n) is 3.30. The highest BCUT2D eigenvalue weighted by atomic mass is 19.1. The molecule has 0 aromatic carbocycles. The predicted molar refractivity (Wildman–Crippen MR) is 63.1 cm³/mol. The minimum absolute atomic E-state index is 0.154.